The van der Waals surface area contributed by atoms with E-state index in [9.17, 15) is 14.3 Å². The predicted molar refractivity (Wildman–Crippen MR) is 60.6 cm³/mol. The van der Waals surface area contributed by atoms with E-state index in [1.54, 1.807) is 6.07 Å². The minimum Gasteiger partial charge on any atom is -0.481 e. The monoisotopic (exact) mass is 287 g/mol. The summed E-state index contributed by atoms with van der Waals surface area (Å²) < 4.78 is 14.3. The van der Waals surface area contributed by atoms with E-state index in [2.05, 4.69) is 15.9 Å². The Hall–Kier alpha value is -0.940. The van der Waals surface area contributed by atoms with Crippen LogP contribution in [0, 0.1) is 5.82 Å². The molecule has 0 heterocycles. The van der Waals surface area contributed by atoms with Crippen molar-refractivity contribution < 1.29 is 14.3 Å². The van der Waals surface area contributed by atoms with Crippen LogP contribution in [0.5, 0.6) is 0 Å². The molecular weight excluding hydrogens is 277 g/mol. The fraction of sp³-hybridized carbons (Fsp3) is 0.364. The van der Waals surface area contributed by atoms with Crippen LogP contribution in [0.2, 0.25) is 0 Å². The lowest BCUT2D eigenvalue weighted by Gasteiger charge is -2.43. The number of halogens is 2. The summed E-state index contributed by atoms with van der Waals surface area (Å²) in [5, 5.41) is 9.21. The van der Waals surface area contributed by atoms with Crippen LogP contribution in [0.1, 0.15) is 18.4 Å². The van der Waals surface area contributed by atoms with Gasteiger partial charge in [0, 0.05) is 16.1 Å². The van der Waals surface area contributed by atoms with Gasteiger partial charge < -0.3 is 10.8 Å². The van der Waals surface area contributed by atoms with E-state index in [-0.39, 0.29) is 11.6 Å². The predicted octanol–water partition coefficient (Wildman–Crippen LogP) is 2.03. The van der Waals surface area contributed by atoms with Crippen LogP contribution in [0.25, 0.3) is 0 Å². The number of nitrogens with two attached hydrogens (primary N) is 1. The van der Waals surface area contributed by atoms with Gasteiger partial charge in [0.1, 0.15) is 5.82 Å². The van der Waals surface area contributed by atoms with Gasteiger partial charge in [0.15, 0.2) is 0 Å². The molecule has 3 nitrogen and oxygen atoms in total. The highest BCUT2D eigenvalue weighted by molar-refractivity contribution is 9.10. The number of carbonyl (C=O) groups is 1. The molecule has 0 saturated heterocycles. The fourth-order valence-corrected chi connectivity index (χ4v) is 2.56. The van der Waals surface area contributed by atoms with Crippen molar-refractivity contribution in [2.24, 2.45) is 5.73 Å². The summed E-state index contributed by atoms with van der Waals surface area (Å²) in [6, 6.07) is 4.29. The third-order valence-corrected chi connectivity index (χ3v) is 3.57. The number of aliphatic carboxylic acids is 1. The van der Waals surface area contributed by atoms with Gasteiger partial charge in [-0.15, -0.1) is 0 Å². The summed E-state index contributed by atoms with van der Waals surface area (Å²) in [6.07, 6.45) is 0.585. The average Bonchev–Trinajstić information content (AvgIpc) is 2.12. The Morgan fingerprint density at radius 1 is 1.56 bits per heavy atom. The van der Waals surface area contributed by atoms with Crippen molar-refractivity contribution in [3.63, 3.8) is 0 Å². The minimum atomic E-state index is -1.13. The van der Waals surface area contributed by atoms with Crippen molar-refractivity contribution in [2.45, 2.75) is 24.3 Å². The Labute approximate surface area is 101 Å². The zero-order valence-corrected chi connectivity index (χ0v) is 10.00. The molecule has 0 atom stereocenters. The number of carboxylic acids is 1. The molecule has 1 aliphatic carbocycles. The normalized spacial score (nSPS) is 28.6. The molecule has 2 rings (SSSR count). The molecule has 1 fully saturated rings. The topological polar surface area (TPSA) is 63.3 Å². The van der Waals surface area contributed by atoms with Crippen LogP contribution in [0.15, 0.2) is 22.7 Å². The molecule has 0 aliphatic heterocycles. The lowest BCUT2D eigenvalue weighted by molar-refractivity contribution is -0.148. The van der Waals surface area contributed by atoms with Crippen molar-refractivity contribution >= 4 is 21.9 Å². The van der Waals surface area contributed by atoms with Crippen molar-refractivity contribution in [2.75, 3.05) is 0 Å². The van der Waals surface area contributed by atoms with Crippen molar-refractivity contribution in [3.8, 4) is 0 Å². The molecule has 0 unspecified atom stereocenters. The second-order valence-electron chi connectivity index (χ2n) is 4.18. The molecule has 1 aromatic rings. The molecule has 0 amide bonds. The lowest BCUT2D eigenvalue weighted by atomic mass is 9.62. The van der Waals surface area contributed by atoms with Crippen molar-refractivity contribution in [3.05, 3.63) is 34.1 Å². The van der Waals surface area contributed by atoms with Crippen LogP contribution >= 0.6 is 15.9 Å². The summed E-state index contributed by atoms with van der Waals surface area (Å²) in [6.45, 7) is 0. The number of hydrogen-bond acceptors (Lipinski definition) is 2. The first-order valence-electron chi connectivity index (χ1n) is 4.90. The minimum absolute atomic E-state index is 0.154. The maximum atomic E-state index is 13.7. The molecule has 0 spiro atoms. The molecule has 86 valence electrons. The van der Waals surface area contributed by atoms with Gasteiger partial charge in [-0.1, -0.05) is 22.0 Å². The average molecular weight is 288 g/mol. The highest BCUT2D eigenvalue weighted by atomic mass is 79.9. The zero-order valence-electron chi connectivity index (χ0n) is 8.41. The van der Waals surface area contributed by atoms with E-state index in [1.165, 1.54) is 12.1 Å². The summed E-state index contributed by atoms with van der Waals surface area (Å²) in [7, 11) is 0. The Kier molecular flexibility index (Phi) is 2.75. The van der Waals surface area contributed by atoms with E-state index in [1.807, 2.05) is 0 Å². The molecule has 5 heteroatoms. The maximum absolute atomic E-state index is 13.7. The van der Waals surface area contributed by atoms with Crippen molar-refractivity contribution in [1.29, 1.82) is 0 Å². The summed E-state index contributed by atoms with van der Waals surface area (Å²) in [4.78, 5) is 11.3. The van der Waals surface area contributed by atoms with Gasteiger partial charge in [-0.3, -0.25) is 4.79 Å². The van der Waals surface area contributed by atoms with Crippen LogP contribution in [0.4, 0.5) is 4.39 Å². The molecule has 3 N–H and O–H groups in total. The fourth-order valence-electron chi connectivity index (χ4n) is 2.22. The van der Waals surface area contributed by atoms with Gasteiger partial charge in [-0.05, 0) is 25.0 Å². The Morgan fingerprint density at radius 2 is 2.19 bits per heavy atom. The Bertz CT molecular complexity index is 444. The highest BCUT2D eigenvalue weighted by Crippen LogP contribution is 2.44. The smallest absolute Gasteiger partial charge is 0.314 e. The molecule has 1 saturated carbocycles. The molecule has 1 aromatic carbocycles. The van der Waals surface area contributed by atoms with Gasteiger partial charge >= 0.3 is 5.97 Å². The third kappa shape index (κ3) is 1.64. The molecule has 1 aliphatic rings. The molecule has 0 radical (unpaired) electrons. The lowest BCUT2D eigenvalue weighted by Crippen LogP contribution is -2.54. The standard InChI is InChI=1S/C11H11BrFNO2/c12-6-1-2-8(9(13)3-6)11(10(15)16)4-7(14)5-11/h1-3,7H,4-5,14H2,(H,15,16). The van der Waals surface area contributed by atoms with E-state index < -0.39 is 17.2 Å². The molecule has 16 heavy (non-hydrogen) atoms. The molecule has 0 bridgehead atoms. The maximum Gasteiger partial charge on any atom is 0.314 e. The number of carboxylic acid groups (broad SMARTS) is 1. The number of rotatable bonds is 2. The van der Waals surface area contributed by atoms with Crippen molar-refractivity contribution in [1.82, 2.24) is 0 Å². The SMILES string of the molecule is NC1CC(C(=O)O)(c2ccc(Br)cc2F)C1. The summed E-state index contributed by atoms with van der Waals surface area (Å²) >= 11 is 3.14. The summed E-state index contributed by atoms with van der Waals surface area (Å²) in [5.41, 5.74) is 4.71. The first-order chi connectivity index (χ1) is 7.45. The Morgan fingerprint density at radius 3 is 2.62 bits per heavy atom. The first kappa shape index (κ1) is 11.5. The van der Waals surface area contributed by atoms with Gasteiger partial charge in [0.2, 0.25) is 0 Å². The second-order valence-corrected chi connectivity index (χ2v) is 5.10. The van der Waals surface area contributed by atoms with Gasteiger partial charge in [-0.25, -0.2) is 4.39 Å². The Balaban J connectivity index is 2.45. The van der Waals surface area contributed by atoms with Crippen LogP contribution in [-0.2, 0) is 10.2 Å². The summed E-state index contributed by atoms with van der Waals surface area (Å²) in [5.74, 6) is -1.50. The molecule has 0 aromatic heterocycles. The van der Waals surface area contributed by atoms with E-state index in [0.29, 0.717) is 17.3 Å². The van der Waals surface area contributed by atoms with Gasteiger partial charge in [-0.2, -0.15) is 0 Å². The quantitative estimate of drug-likeness (QED) is 0.875. The van der Waals surface area contributed by atoms with Crippen LogP contribution in [0.3, 0.4) is 0 Å². The highest BCUT2D eigenvalue weighted by Gasteiger charge is 2.51. The van der Waals surface area contributed by atoms with Gasteiger partial charge in [0.25, 0.3) is 0 Å². The largest absolute Gasteiger partial charge is 0.481 e. The zero-order chi connectivity index (χ0) is 11.9. The first-order valence-corrected chi connectivity index (χ1v) is 5.69. The number of hydrogen-bond donors (Lipinski definition) is 2. The van der Waals surface area contributed by atoms with Crippen LogP contribution < -0.4 is 5.73 Å². The number of benzene rings is 1. The van der Waals surface area contributed by atoms with Crippen LogP contribution in [-0.4, -0.2) is 17.1 Å². The van der Waals surface area contributed by atoms with Gasteiger partial charge in [0.05, 0.1) is 5.41 Å². The third-order valence-electron chi connectivity index (χ3n) is 3.08. The second kappa shape index (κ2) is 3.82. The molecular formula is C11H11BrFNO2. The van der Waals surface area contributed by atoms with E-state index in [0.717, 1.165) is 0 Å². The van der Waals surface area contributed by atoms with E-state index >= 15 is 0 Å². The van der Waals surface area contributed by atoms with E-state index in [4.69, 9.17) is 5.73 Å².